The van der Waals surface area contributed by atoms with Crippen molar-refractivity contribution in [3.8, 4) is 0 Å². The van der Waals surface area contributed by atoms with Gasteiger partial charge in [0.05, 0.1) is 12.2 Å². The maximum absolute atomic E-state index is 10.9. The molecule has 18 heavy (non-hydrogen) atoms. The first-order valence-corrected chi connectivity index (χ1v) is 6.06. The summed E-state index contributed by atoms with van der Waals surface area (Å²) in [6, 6.07) is 8.29. The van der Waals surface area contributed by atoms with E-state index in [-0.39, 0.29) is 5.92 Å². The topological polar surface area (TPSA) is 47.8 Å². The van der Waals surface area contributed by atoms with Gasteiger partial charge in [0.1, 0.15) is 5.69 Å². The summed E-state index contributed by atoms with van der Waals surface area (Å²) in [6.45, 7) is 6.78. The Labute approximate surface area is 107 Å². The van der Waals surface area contributed by atoms with Crippen LogP contribution >= 0.6 is 0 Å². The van der Waals surface area contributed by atoms with E-state index in [1.165, 1.54) is 5.56 Å². The molecule has 0 aliphatic rings. The normalized spacial score (nSPS) is 10.9. The fourth-order valence-electron chi connectivity index (χ4n) is 1.99. The molecule has 4 nitrogen and oxygen atoms in total. The van der Waals surface area contributed by atoms with Gasteiger partial charge < -0.3 is 0 Å². The molecule has 0 aliphatic heterocycles. The maximum atomic E-state index is 10.9. The van der Waals surface area contributed by atoms with Gasteiger partial charge in [-0.25, -0.2) is 4.68 Å². The van der Waals surface area contributed by atoms with Crippen LogP contribution in [0.15, 0.2) is 24.3 Å². The van der Waals surface area contributed by atoms with E-state index >= 15 is 0 Å². The van der Waals surface area contributed by atoms with Crippen LogP contribution in [0.1, 0.15) is 47.1 Å². The number of rotatable bonds is 4. The Morgan fingerprint density at radius 3 is 2.50 bits per heavy atom. The molecule has 0 radical (unpaired) electrons. The van der Waals surface area contributed by atoms with Crippen LogP contribution < -0.4 is 0 Å². The first kappa shape index (κ1) is 12.5. The van der Waals surface area contributed by atoms with Gasteiger partial charge in [0.25, 0.3) is 0 Å². The largest absolute Gasteiger partial charge is 0.296 e. The molecule has 2 aromatic rings. The zero-order valence-electron chi connectivity index (χ0n) is 10.9. The summed E-state index contributed by atoms with van der Waals surface area (Å²) in [7, 11) is 0. The Hall–Kier alpha value is -1.97. The first-order valence-electron chi connectivity index (χ1n) is 6.06. The second kappa shape index (κ2) is 5.12. The molecule has 0 saturated heterocycles. The van der Waals surface area contributed by atoms with Gasteiger partial charge in [0.15, 0.2) is 6.29 Å². The van der Waals surface area contributed by atoms with Gasteiger partial charge in [-0.1, -0.05) is 48.9 Å². The van der Waals surface area contributed by atoms with Gasteiger partial charge in [0.2, 0.25) is 0 Å². The number of carbonyl (C=O) groups is 1. The minimum Gasteiger partial charge on any atom is -0.296 e. The Morgan fingerprint density at radius 1 is 1.28 bits per heavy atom. The summed E-state index contributed by atoms with van der Waals surface area (Å²) in [4.78, 5) is 10.9. The smallest absolute Gasteiger partial charge is 0.172 e. The van der Waals surface area contributed by atoms with Crippen molar-refractivity contribution in [3.63, 3.8) is 0 Å². The molecule has 0 unspecified atom stereocenters. The molecule has 0 fully saturated rings. The Morgan fingerprint density at radius 2 is 1.94 bits per heavy atom. The van der Waals surface area contributed by atoms with Crippen LogP contribution in [0.3, 0.4) is 0 Å². The lowest BCUT2D eigenvalue weighted by Crippen LogP contribution is -2.08. The average molecular weight is 243 g/mol. The molecule has 0 spiro atoms. The van der Waals surface area contributed by atoms with Crippen molar-refractivity contribution in [1.29, 1.82) is 0 Å². The number of nitrogens with zero attached hydrogens (tertiary/aromatic N) is 3. The molecule has 0 N–H and O–H groups in total. The molecule has 1 heterocycles. The number of benzene rings is 1. The Balaban J connectivity index is 2.31. The highest BCUT2D eigenvalue weighted by atomic mass is 16.1. The molecule has 1 aromatic carbocycles. The van der Waals surface area contributed by atoms with E-state index in [2.05, 4.69) is 41.5 Å². The highest BCUT2D eigenvalue weighted by Gasteiger charge is 2.15. The summed E-state index contributed by atoms with van der Waals surface area (Å²) >= 11 is 0. The van der Waals surface area contributed by atoms with Crippen molar-refractivity contribution >= 4 is 6.29 Å². The minimum absolute atomic E-state index is 0.227. The summed E-state index contributed by atoms with van der Waals surface area (Å²) in [5, 5.41) is 7.98. The predicted octanol–water partition coefficient (Wildman–Crippen LogP) is 2.57. The fourth-order valence-corrected chi connectivity index (χ4v) is 1.99. The molecule has 94 valence electrons. The van der Waals surface area contributed by atoms with Gasteiger partial charge in [-0.3, -0.25) is 4.79 Å². The number of hydrogen-bond donors (Lipinski definition) is 0. The molecule has 0 atom stereocenters. The molecule has 0 bridgehead atoms. The van der Waals surface area contributed by atoms with Gasteiger partial charge in [-0.2, -0.15) is 0 Å². The quantitative estimate of drug-likeness (QED) is 0.775. The van der Waals surface area contributed by atoms with E-state index in [0.29, 0.717) is 12.2 Å². The third-order valence-corrected chi connectivity index (χ3v) is 2.91. The van der Waals surface area contributed by atoms with Crippen LogP contribution in [0.25, 0.3) is 0 Å². The lowest BCUT2D eigenvalue weighted by atomic mass is 10.1. The van der Waals surface area contributed by atoms with Crippen LogP contribution in [0.5, 0.6) is 0 Å². The summed E-state index contributed by atoms with van der Waals surface area (Å²) in [5.41, 5.74) is 3.72. The number of hydrogen-bond acceptors (Lipinski definition) is 3. The predicted molar refractivity (Wildman–Crippen MR) is 69.8 cm³/mol. The molecule has 2 rings (SSSR count). The molecule has 0 amide bonds. The fraction of sp³-hybridized carbons (Fsp3) is 0.357. The van der Waals surface area contributed by atoms with Crippen molar-refractivity contribution < 1.29 is 4.79 Å². The van der Waals surface area contributed by atoms with Crippen LogP contribution in [0, 0.1) is 6.92 Å². The summed E-state index contributed by atoms with van der Waals surface area (Å²) in [6.07, 6.45) is 0.772. The van der Waals surface area contributed by atoms with Crippen LogP contribution in [0.2, 0.25) is 0 Å². The van der Waals surface area contributed by atoms with Crippen LogP contribution in [-0.4, -0.2) is 21.3 Å². The third-order valence-electron chi connectivity index (χ3n) is 2.91. The van der Waals surface area contributed by atoms with Gasteiger partial charge in [-0.15, -0.1) is 5.10 Å². The van der Waals surface area contributed by atoms with Gasteiger partial charge >= 0.3 is 0 Å². The summed E-state index contributed by atoms with van der Waals surface area (Å²) in [5.74, 6) is 0.227. The van der Waals surface area contributed by atoms with Crippen molar-refractivity contribution in [2.45, 2.75) is 33.2 Å². The average Bonchev–Trinajstić information content (AvgIpc) is 2.75. The zero-order chi connectivity index (χ0) is 13.1. The molecule has 1 aromatic heterocycles. The third kappa shape index (κ3) is 2.47. The van der Waals surface area contributed by atoms with Crippen molar-refractivity contribution in [3.05, 3.63) is 46.8 Å². The Bertz CT molecular complexity index is 541. The van der Waals surface area contributed by atoms with Crippen LogP contribution in [0.4, 0.5) is 0 Å². The first-order chi connectivity index (χ1) is 8.61. The van der Waals surface area contributed by atoms with Crippen molar-refractivity contribution in [2.75, 3.05) is 0 Å². The van der Waals surface area contributed by atoms with Crippen LogP contribution in [-0.2, 0) is 6.54 Å². The van der Waals surface area contributed by atoms with Gasteiger partial charge in [-0.05, 0) is 18.4 Å². The van der Waals surface area contributed by atoms with E-state index in [0.717, 1.165) is 17.5 Å². The standard InChI is InChI=1S/C14H17N3O/c1-10(2)14-13(9-18)15-16-17(14)8-12-6-4-11(3)5-7-12/h4-7,9-10H,8H2,1-3H3. The minimum atomic E-state index is 0.227. The van der Waals surface area contributed by atoms with Gasteiger partial charge in [0, 0.05) is 0 Å². The second-order valence-electron chi connectivity index (χ2n) is 4.78. The highest BCUT2D eigenvalue weighted by molar-refractivity contribution is 5.73. The highest BCUT2D eigenvalue weighted by Crippen LogP contribution is 2.17. The molecular formula is C14H17N3O. The maximum Gasteiger partial charge on any atom is 0.172 e. The Kier molecular flexibility index (Phi) is 3.55. The number of aldehydes is 1. The molecule has 0 saturated carbocycles. The monoisotopic (exact) mass is 243 g/mol. The lowest BCUT2D eigenvalue weighted by Gasteiger charge is -2.09. The summed E-state index contributed by atoms with van der Waals surface area (Å²) < 4.78 is 1.80. The van der Waals surface area contributed by atoms with Crippen molar-refractivity contribution in [1.82, 2.24) is 15.0 Å². The zero-order valence-corrected chi connectivity index (χ0v) is 10.9. The molecular weight excluding hydrogens is 226 g/mol. The van der Waals surface area contributed by atoms with E-state index < -0.39 is 0 Å². The number of carbonyl (C=O) groups excluding carboxylic acids is 1. The second-order valence-corrected chi connectivity index (χ2v) is 4.78. The lowest BCUT2D eigenvalue weighted by molar-refractivity contribution is 0.111. The number of aromatic nitrogens is 3. The molecule has 0 aliphatic carbocycles. The van der Waals surface area contributed by atoms with E-state index in [1.807, 2.05) is 13.8 Å². The SMILES string of the molecule is Cc1ccc(Cn2nnc(C=O)c2C(C)C)cc1. The number of aryl methyl sites for hydroxylation is 1. The van der Waals surface area contributed by atoms with E-state index in [9.17, 15) is 4.79 Å². The molecule has 4 heteroatoms. The van der Waals surface area contributed by atoms with Crippen molar-refractivity contribution in [2.24, 2.45) is 0 Å². The van der Waals surface area contributed by atoms with E-state index in [4.69, 9.17) is 0 Å². The van der Waals surface area contributed by atoms with E-state index in [1.54, 1.807) is 4.68 Å².